The Labute approximate surface area is 169 Å². The summed E-state index contributed by atoms with van der Waals surface area (Å²) >= 11 is 3.41. The van der Waals surface area contributed by atoms with Gasteiger partial charge in [0.1, 0.15) is 0 Å². The highest BCUT2D eigenvalue weighted by Gasteiger charge is 2.53. The number of benzene rings is 2. The largest absolute Gasteiger partial charge is 0.324 e. The maximum atomic E-state index is 13.6. The third-order valence-electron chi connectivity index (χ3n) is 5.41. The Hall–Kier alpha value is -1.66. The molecular formula is C21H24BrNO3S. The fourth-order valence-corrected chi connectivity index (χ4v) is 6.63. The van der Waals surface area contributed by atoms with Gasteiger partial charge < -0.3 is 5.32 Å². The smallest absolute Gasteiger partial charge is 0.246 e. The number of anilines is 1. The third-order valence-corrected chi connectivity index (χ3v) is 8.54. The zero-order valence-corrected chi connectivity index (χ0v) is 18.2. The Morgan fingerprint density at radius 3 is 2.30 bits per heavy atom. The van der Waals surface area contributed by atoms with E-state index < -0.39 is 20.5 Å². The van der Waals surface area contributed by atoms with Crippen molar-refractivity contribution in [1.29, 1.82) is 0 Å². The summed E-state index contributed by atoms with van der Waals surface area (Å²) < 4.78 is 26.8. The van der Waals surface area contributed by atoms with Crippen LogP contribution in [-0.2, 0) is 14.6 Å². The van der Waals surface area contributed by atoms with Gasteiger partial charge in [-0.2, -0.15) is 0 Å². The van der Waals surface area contributed by atoms with Crippen LogP contribution in [0.4, 0.5) is 5.69 Å². The molecule has 0 aromatic heterocycles. The second-order valence-corrected chi connectivity index (χ2v) is 10.5. The van der Waals surface area contributed by atoms with E-state index in [4.69, 9.17) is 0 Å². The lowest BCUT2D eigenvalue weighted by Crippen LogP contribution is -2.47. The number of hydrogen-bond acceptors (Lipinski definition) is 3. The van der Waals surface area contributed by atoms with E-state index in [2.05, 4.69) is 21.2 Å². The topological polar surface area (TPSA) is 63.2 Å². The first-order valence-electron chi connectivity index (χ1n) is 9.07. The van der Waals surface area contributed by atoms with Crippen LogP contribution in [0, 0.1) is 20.8 Å². The maximum Gasteiger partial charge on any atom is 0.246 e. The summed E-state index contributed by atoms with van der Waals surface area (Å²) in [5, 5.41) is 2.89. The van der Waals surface area contributed by atoms with Crippen molar-refractivity contribution in [3.05, 3.63) is 57.6 Å². The normalized spacial score (nSPS) is 16.3. The first kappa shape index (κ1) is 20.1. The van der Waals surface area contributed by atoms with Crippen molar-refractivity contribution in [3.63, 3.8) is 0 Å². The minimum Gasteiger partial charge on any atom is -0.324 e. The van der Waals surface area contributed by atoms with Gasteiger partial charge in [0.2, 0.25) is 5.91 Å². The molecule has 2 aromatic rings. The molecule has 0 bridgehead atoms. The molecule has 2 aromatic carbocycles. The van der Waals surface area contributed by atoms with Crippen LogP contribution in [0.3, 0.4) is 0 Å². The molecule has 1 aliphatic rings. The van der Waals surface area contributed by atoms with Crippen LogP contribution in [0.25, 0.3) is 0 Å². The van der Waals surface area contributed by atoms with Gasteiger partial charge in [-0.15, -0.1) is 0 Å². The van der Waals surface area contributed by atoms with Crippen molar-refractivity contribution in [2.75, 3.05) is 5.32 Å². The summed E-state index contributed by atoms with van der Waals surface area (Å²) in [6.07, 6.45) is 2.17. The van der Waals surface area contributed by atoms with Gasteiger partial charge in [0.05, 0.1) is 4.90 Å². The predicted octanol–water partition coefficient (Wildman–Crippen LogP) is 5.10. The molecule has 0 aliphatic heterocycles. The lowest BCUT2D eigenvalue weighted by Gasteiger charge is -2.29. The van der Waals surface area contributed by atoms with Gasteiger partial charge >= 0.3 is 0 Å². The van der Waals surface area contributed by atoms with E-state index >= 15 is 0 Å². The first-order valence-corrected chi connectivity index (χ1v) is 11.3. The number of carbonyl (C=O) groups is 1. The predicted molar refractivity (Wildman–Crippen MR) is 112 cm³/mol. The fraction of sp³-hybridized carbons (Fsp3) is 0.381. The number of carbonyl (C=O) groups excluding carboxylic acids is 1. The van der Waals surface area contributed by atoms with Crippen LogP contribution in [0.5, 0.6) is 0 Å². The van der Waals surface area contributed by atoms with Crippen molar-refractivity contribution >= 4 is 37.4 Å². The Kier molecular flexibility index (Phi) is 5.50. The molecule has 0 spiro atoms. The Balaban J connectivity index is 2.05. The lowest BCUT2D eigenvalue weighted by molar-refractivity contribution is -0.118. The zero-order chi connectivity index (χ0) is 19.8. The van der Waals surface area contributed by atoms with E-state index in [0.29, 0.717) is 24.1 Å². The summed E-state index contributed by atoms with van der Waals surface area (Å²) in [4.78, 5) is 13.6. The van der Waals surface area contributed by atoms with Crippen molar-refractivity contribution in [3.8, 4) is 0 Å². The third kappa shape index (κ3) is 3.57. The highest BCUT2D eigenvalue weighted by Crippen LogP contribution is 2.42. The molecule has 1 aliphatic carbocycles. The van der Waals surface area contributed by atoms with Crippen LogP contribution < -0.4 is 5.32 Å². The summed E-state index contributed by atoms with van der Waals surface area (Å²) in [7, 11) is -3.82. The standard InChI is InChI=1S/C21H24BrNO3S/c1-14-6-7-15(2)19(12-14)27(25,26)21(10-4-5-11-21)20(24)23-18-9-8-17(22)13-16(18)3/h6-9,12-13H,4-5,10-11H2,1-3H3,(H,23,24). The molecular weight excluding hydrogens is 426 g/mol. The van der Waals surface area contributed by atoms with E-state index in [1.54, 1.807) is 19.1 Å². The van der Waals surface area contributed by atoms with Crippen LogP contribution in [0.1, 0.15) is 42.4 Å². The Morgan fingerprint density at radius 2 is 1.67 bits per heavy atom. The quantitative estimate of drug-likeness (QED) is 0.705. The van der Waals surface area contributed by atoms with Gasteiger partial charge in [-0.05, 0) is 74.6 Å². The molecule has 3 rings (SSSR count). The van der Waals surface area contributed by atoms with E-state index in [1.807, 2.05) is 38.1 Å². The van der Waals surface area contributed by atoms with E-state index in [1.165, 1.54) is 0 Å². The average molecular weight is 450 g/mol. The minimum absolute atomic E-state index is 0.270. The number of sulfone groups is 1. The molecule has 0 unspecified atom stereocenters. The number of halogens is 1. The van der Waals surface area contributed by atoms with Crippen LogP contribution in [0.2, 0.25) is 0 Å². The van der Waals surface area contributed by atoms with Gasteiger partial charge in [0, 0.05) is 10.2 Å². The Morgan fingerprint density at radius 1 is 1.00 bits per heavy atom. The number of rotatable bonds is 4. The van der Waals surface area contributed by atoms with Crippen molar-refractivity contribution < 1.29 is 13.2 Å². The van der Waals surface area contributed by atoms with Crippen molar-refractivity contribution in [2.24, 2.45) is 0 Å². The molecule has 144 valence electrons. The summed E-state index contributed by atoms with van der Waals surface area (Å²) in [6.45, 7) is 5.54. The van der Waals surface area contributed by atoms with Crippen molar-refractivity contribution in [1.82, 2.24) is 0 Å². The van der Waals surface area contributed by atoms with Crippen LogP contribution >= 0.6 is 15.9 Å². The molecule has 0 heterocycles. The van der Waals surface area contributed by atoms with Crippen LogP contribution in [0.15, 0.2) is 45.8 Å². The molecule has 1 fully saturated rings. The van der Waals surface area contributed by atoms with Gasteiger partial charge in [0.15, 0.2) is 14.6 Å². The Bertz CT molecular complexity index is 992. The molecule has 1 amide bonds. The number of hydrogen-bond donors (Lipinski definition) is 1. The lowest BCUT2D eigenvalue weighted by atomic mass is 10.1. The van der Waals surface area contributed by atoms with E-state index in [-0.39, 0.29) is 4.90 Å². The molecule has 0 atom stereocenters. The second-order valence-electron chi connectivity index (χ2n) is 7.39. The second kappa shape index (κ2) is 7.40. The first-order chi connectivity index (χ1) is 12.7. The molecule has 4 nitrogen and oxygen atoms in total. The monoisotopic (exact) mass is 449 g/mol. The van der Waals surface area contributed by atoms with E-state index in [0.717, 1.165) is 28.4 Å². The zero-order valence-electron chi connectivity index (χ0n) is 15.8. The number of aryl methyl sites for hydroxylation is 3. The van der Waals surface area contributed by atoms with Gasteiger partial charge in [-0.25, -0.2) is 8.42 Å². The highest BCUT2D eigenvalue weighted by atomic mass is 79.9. The van der Waals surface area contributed by atoms with Gasteiger partial charge in [-0.3, -0.25) is 4.79 Å². The summed E-state index contributed by atoms with van der Waals surface area (Å²) in [5.74, 6) is -0.425. The minimum atomic E-state index is -3.82. The van der Waals surface area contributed by atoms with Crippen molar-refractivity contribution in [2.45, 2.75) is 56.1 Å². The average Bonchev–Trinajstić information content (AvgIpc) is 3.11. The molecule has 0 saturated heterocycles. The fourth-order valence-electron chi connectivity index (χ4n) is 3.77. The van der Waals surface area contributed by atoms with Gasteiger partial charge in [-0.1, -0.05) is 40.9 Å². The van der Waals surface area contributed by atoms with E-state index in [9.17, 15) is 13.2 Å². The molecule has 0 radical (unpaired) electrons. The molecule has 6 heteroatoms. The molecule has 1 saturated carbocycles. The highest BCUT2D eigenvalue weighted by molar-refractivity contribution is 9.10. The maximum absolute atomic E-state index is 13.6. The molecule has 27 heavy (non-hydrogen) atoms. The summed E-state index contributed by atoms with van der Waals surface area (Å²) in [5.41, 5.74) is 3.08. The number of nitrogens with one attached hydrogen (secondary N) is 1. The van der Waals surface area contributed by atoms with Crippen LogP contribution in [-0.4, -0.2) is 19.1 Å². The SMILES string of the molecule is Cc1ccc(C)c(S(=O)(=O)C2(C(=O)Nc3ccc(Br)cc3C)CCCC2)c1. The number of amides is 1. The summed E-state index contributed by atoms with van der Waals surface area (Å²) in [6, 6.07) is 10.9. The van der Waals surface area contributed by atoms with Gasteiger partial charge in [0.25, 0.3) is 0 Å². The molecule has 1 N–H and O–H groups in total.